The number of hydrogen-bond acceptors (Lipinski definition) is 1. The number of anilines is 1. The molecule has 16 heavy (non-hydrogen) atoms. The maximum absolute atomic E-state index is 12.3. The summed E-state index contributed by atoms with van der Waals surface area (Å²) >= 11 is 3.31. The lowest BCUT2D eigenvalue weighted by atomic mass is 10.1. The van der Waals surface area contributed by atoms with Crippen LogP contribution in [0.15, 0.2) is 22.7 Å². The zero-order valence-corrected chi connectivity index (χ0v) is 10.7. The van der Waals surface area contributed by atoms with Crippen molar-refractivity contribution in [2.24, 2.45) is 0 Å². The van der Waals surface area contributed by atoms with E-state index < -0.39 is 12.7 Å². The Balaban J connectivity index is 2.94. The number of rotatable bonds is 3. The quantitative estimate of drug-likeness (QED) is 0.814. The van der Waals surface area contributed by atoms with Gasteiger partial charge >= 0.3 is 6.18 Å². The first kappa shape index (κ1) is 13.4. The summed E-state index contributed by atoms with van der Waals surface area (Å²) in [5, 5.41) is 0. The first-order chi connectivity index (χ1) is 7.33. The highest BCUT2D eigenvalue weighted by molar-refractivity contribution is 9.10. The Morgan fingerprint density at radius 2 is 1.94 bits per heavy atom. The molecule has 1 aromatic rings. The molecule has 0 saturated heterocycles. The van der Waals surface area contributed by atoms with Gasteiger partial charge in [-0.2, -0.15) is 13.2 Å². The van der Waals surface area contributed by atoms with Crippen LogP contribution in [0.1, 0.15) is 12.5 Å². The SMILES string of the molecule is CCc1cc(Br)ccc1N(C)CC(F)(F)F. The van der Waals surface area contributed by atoms with E-state index in [1.54, 1.807) is 12.1 Å². The zero-order chi connectivity index (χ0) is 12.3. The minimum atomic E-state index is -4.17. The lowest BCUT2D eigenvalue weighted by molar-refractivity contribution is -0.119. The van der Waals surface area contributed by atoms with Gasteiger partial charge in [0.1, 0.15) is 6.54 Å². The first-order valence-electron chi connectivity index (χ1n) is 4.90. The zero-order valence-electron chi connectivity index (χ0n) is 9.11. The van der Waals surface area contributed by atoms with Crippen LogP contribution in [0, 0.1) is 0 Å². The Morgan fingerprint density at radius 1 is 1.31 bits per heavy atom. The molecule has 1 rings (SSSR count). The molecule has 0 atom stereocenters. The van der Waals surface area contributed by atoms with Crippen molar-refractivity contribution in [2.75, 3.05) is 18.5 Å². The van der Waals surface area contributed by atoms with Crippen molar-refractivity contribution >= 4 is 21.6 Å². The summed E-state index contributed by atoms with van der Waals surface area (Å²) in [4.78, 5) is 1.23. The summed E-state index contributed by atoms with van der Waals surface area (Å²) < 4.78 is 37.7. The summed E-state index contributed by atoms with van der Waals surface area (Å²) in [6.07, 6.45) is -3.47. The molecule has 0 aromatic heterocycles. The smallest absolute Gasteiger partial charge is 0.365 e. The van der Waals surface area contributed by atoms with Crippen molar-refractivity contribution in [3.63, 3.8) is 0 Å². The van der Waals surface area contributed by atoms with Gasteiger partial charge in [-0.15, -0.1) is 0 Å². The molecule has 0 aliphatic rings. The maximum atomic E-state index is 12.3. The van der Waals surface area contributed by atoms with Gasteiger partial charge in [0, 0.05) is 17.2 Å². The Labute approximate surface area is 101 Å². The third-order valence-electron chi connectivity index (χ3n) is 2.25. The number of nitrogens with zero attached hydrogens (tertiary/aromatic N) is 1. The minimum Gasteiger partial charge on any atom is -0.365 e. The topological polar surface area (TPSA) is 3.24 Å². The highest BCUT2D eigenvalue weighted by Gasteiger charge is 2.29. The molecule has 0 unspecified atom stereocenters. The molecule has 0 N–H and O–H groups in total. The lowest BCUT2D eigenvalue weighted by Gasteiger charge is -2.23. The Bertz CT molecular complexity index is 363. The molecule has 0 aliphatic heterocycles. The van der Waals surface area contributed by atoms with Gasteiger partial charge in [-0.1, -0.05) is 22.9 Å². The molecule has 0 spiro atoms. The van der Waals surface area contributed by atoms with Gasteiger partial charge in [-0.3, -0.25) is 0 Å². The van der Waals surface area contributed by atoms with Crippen LogP contribution < -0.4 is 4.90 Å². The monoisotopic (exact) mass is 295 g/mol. The second-order valence-corrected chi connectivity index (χ2v) is 4.51. The third kappa shape index (κ3) is 3.70. The van der Waals surface area contributed by atoms with Gasteiger partial charge in [0.15, 0.2) is 0 Å². The van der Waals surface area contributed by atoms with Crippen molar-refractivity contribution in [2.45, 2.75) is 19.5 Å². The second kappa shape index (κ2) is 5.08. The molecule has 0 bridgehead atoms. The Kier molecular flexibility index (Phi) is 4.24. The highest BCUT2D eigenvalue weighted by Crippen LogP contribution is 2.27. The molecular weight excluding hydrogens is 283 g/mol. The van der Waals surface area contributed by atoms with Gasteiger partial charge in [0.05, 0.1) is 0 Å². The predicted molar refractivity (Wildman–Crippen MR) is 62.8 cm³/mol. The number of aryl methyl sites for hydroxylation is 1. The van der Waals surface area contributed by atoms with Crippen LogP contribution in [0.25, 0.3) is 0 Å². The molecule has 1 aromatic carbocycles. The number of alkyl halides is 3. The minimum absolute atomic E-state index is 0.628. The van der Waals surface area contributed by atoms with Gasteiger partial charge in [-0.25, -0.2) is 0 Å². The number of hydrogen-bond donors (Lipinski definition) is 0. The van der Waals surface area contributed by atoms with E-state index in [1.165, 1.54) is 11.9 Å². The van der Waals surface area contributed by atoms with Crippen LogP contribution in [0.4, 0.5) is 18.9 Å². The largest absolute Gasteiger partial charge is 0.405 e. The predicted octanol–water partition coefficient (Wildman–Crippen LogP) is 4.01. The van der Waals surface area contributed by atoms with E-state index in [0.717, 1.165) is 10.0 Å². The number of benzene rings is 1. The fourth-order valence-corrected chi connectivity index (χ4v) is 1.97. The van der Waals surface area contributed by atoms with Crippen molar-refractivity contribution < 1.29 is 13.2 Å². The van der Waals surface area contributed by atoms with E-state index in [4.69, 9.17) is 0 Å². The molecule has 90 valence electrons. The van der Waals surface area contributed by atoms with Crippen LogP contribution in [0.5, 0.6) is 0 Å². The van der Waals surface area contributed by atoms with E-state index in [1.807, 2.05) is 13.0 Å². The summed E-state index contributed by atoms with van der Waals surface area (Å²) in [7, 11) is 1.45. The average Bonchev–Trinajstić information content (AvgIpc) is 2.14. The van der Waals surface area contributed by atoms with Crippen LogP contribution >= 0.6 is 15.9 Å². The van der Waals surface area contributed by atoms with Crippen molar-refractivity contribution in [3.05, 3.63) is 28.2 Å². The molecule has 0 radical (unpaired) electrons. The molecule has 0 heterocycles. The van der Waals surface area contributed by atoms with Gasteiger partial charge in [0.25, 0.3) is 0 Å². The van der Waals surface area contributed by atoms with Crippen molar-refractivity contribution in [3.8, 4) is 0 Å². The van der Waals surface area contributed by atoms with Gasteiger partial charge < -0.3 is 4.90 Å². The molecule has 0 saturated carbocycles. The molecule has 0 fully saturated rings. The van der Waals surface area contributed by atoms with E-state index >= 15 is 0 Å². The van der Waals surface area contributed by atoms with Crippen molar-refractivity contribution in [1.29, 1.82) is 0 Å². The molecule has 1 nitrogen and oxygen atoms in total. The fraction of sp³-hybridized carbons (Fsp3) is 0.455. The second-order valence-electron chi connectivity index (χ2n) is 3.60. The van der Waals surface area contributed by atoms with Crippen LogP contribution in [0.3, 0.4) is 0 Å². The van der Waals surface area contributed by atoms with Crippen LogP contribution in [-0.4, -0.2) is 19.8 Å². The van der Waals surface area contributed by atoms with E-state index in [0.29, 0.717) is 12.1 Å². The van der Waals surface area contributed by atoms with Crippen LogP contribution in [-0.2, 0) is 6.42 Å². The highest BCUT2D eigenvalue weighted by atomic mass is 79.9. The fourth-order valence-electron chi connectivity index (χ4n) is 1.56. The summed E-state index contributed by atoms with van der Waals surface area (Å²) in [5.74, 6) is 0. The Morgan fingerprint density at radius 3 is 2.44 bits per heavy atom. The van der Waals surface area contributed by atoms with Gasteiger partial charge in [-0.05, 0) is 30.2 Å². The first-order valence-corrected chi connectivity index (χ1v) is 5.69. The third-order valence-corrected chi connectivity index (χ3v) is 2.74. The number of halogens is 4. The van der Waals surface area contributed by atoms with Gasteiger partial charge in [0.2, 0.25) is 0 Å². The van der Waals surface area contributed by atoms with E-state index in [9.17, 15) is 13.2 Å². The molecule has 0 amide bonds. The summed E-state index contributed by atoms with van der Waals surface area (Å²) in [6, 6.07) is 5.30. The standard InChI is InChI=1S/C11H13BrF3N/c1-3-8-6-9(12)4-5-10(8)16(2)7-11(13,14)15/h4-6H,3,7H2,1-2H3. The van der Waals surface area contributed by atoms with Crippen molar-refractivity contribution in [1.82, 2.24) is 0 Å². The van der Waals surface area contributed by atoms with E-state index in [2.05, 4.69) is 15.9 Å². The average molecular weight is 296 g/mol. The molecule has 5 heteroatoms. The maximum Gasteiger partial charge on any atom is 0.405 e. The molecule has 0 aliphatic carbocycles. The Hall–Kier alpha value is -0.710. The summed E-state index contributed by atoms with van der Waals surface area (Å²) in [6.45, 7) is 0.994. The van der Waals surface area contributed by atoms with E-state index in [-0.39, 0.29) is 0 Å². The summed E-state index contributed by atoms with van der Waals surface area (Å²) in [5.41, 5.74) is 1.53. The van der Waals surface area contributed by atoms with Crippen LogP contribution in [0.2, 0.25) is 0 Å². The lowest BCUT2D eigenvalue weighted by Crippen LogP contribution is -2.31. The molecular formula is C11H13BrF3N. The normalized spacial score (nSPS) is 11.6.